The van der Waals surface area contributed by atoms with Crippen LogP contribution in [0.4, 0.5) is 0 Å². The first-order chi connectivity index (χ1) is 10.1. The monoisotopic (exact) mass is 316 g/mol. The highest BCUT2D eigenvalue weighted by molar-refractivity contribution is 7.80. The van der Waals surface area contributed by atoms with Crippen molar-refractivity contribution in [2.45, 2.75) is 46.1 Å². The molecule has 0 saturated carbocycles. The minimum atomic E-state index is -0.0256. The molecule has 22 heavy (non-hydrogen) atoms. The fourth-order valence-electron chi connectivity index (χ4n) is 2.47. The van der Waals surface area contributed by atoms with Crippen LogP contribution in [0.15, 0.2) is 30.0 Å². The van der Waals surface area contributed by atoms with Crippen LogP contribution in [-0.2, 0) is 10.2 Å². The van der Waals surface area contributed by atoms with Crippen molar-refractivity contribution in [1.29, 1.82) is 0 Å². The SMILES string of the molecule is CC(C)N1C(=O)/C(=C\c2ccc(C(C)(C)C)cc2)N(C)C1=S. The molecule has 1 heterocycles. The van der Waals surface area contributed by atoms with Gasteiger partial charge in [-0.1, -0.05) is 45.0 Å². The number of carbonyl (C=O) groups is 1. The van der Waals surface area contributed by atoms with E-state index in [9.17, 15) is 4.79 Å². The summed E-state index contributed by atoms with van der Waals surface area (Å²) < 4.78 is 0. The molecule has 1 aliphatic heterocycles. The predicted octanol–water partition coefficient (Wildman–Crippen LogP) is 3.79. The lowest BCUT2D eigenvalue weighted by Gasteiger charge is -2.19. The molecule has 4 heteroatoms. The van der Waals surface area contributed by atoms with E-state index in [1.165, 1.54) is 5.56 Å². The van der Waals surface area contributed by atoms with Crippen molar-refractivity contribution in [2.75, 3.05) is 7.05 Å². The van der Waals surface area contributed by atoms with Crippen LogP contribution in [0.3, 0.4) is 0 Å². The summed E-state index contributed by atoms with van der Waals surface area (Å²) in [7, 11) is 1.85. The number of hydrogen-bond donors (Lipinski definition) is 0. The highest BCUT2D eigenvalue weighted by Crippen LogP contribution is 2.26. The highest BCUT2D eigenvalue weighted by atomic mass is 32.1. The molecule has 1 fully saturated rings. The Hall–Kier alpha value is -1.68. The molecule has 2 rings (SSSR count). The van der Waals surface area contributed by atoms with Gasteiger partial charge in [0.1, 0.15) is 5.70 Å². The molecule has 0 spiro atoms. The van der Waals surface area contributed by atoms with Crippen LogP contribution < -0.4 is 0 Å². The summed E-state index contributed by atoms with van der Waals surface area (Å²) in [6.45, 7) is 10.5. The van der Waals surface area contributed by atoms with Crippen molar-refractivity contribution >= 4 is 29.3 Å². The fraction of sp³-hybridized carbons (Fsp3) is 0.444. The van der Waals surface area contributed by atoms with E-state index in [-0.39, 0.29) is 17.4 Å². The minimum Gasteiger partial charge on any atom is -0.317 e. The summed E-state index contributed by atoms with van der Waals surface area (Å²) in [5, 5.41) is 0.567. The van der Waals surface area contributed by atoms with E-state index in [1.54, 1.807) is 9.80 Å². The smallest absolute Gasteiger partial charge is 0.276 e. The number of nitrogens with zero attached hydrogens (tertiary/aromatic N) is 2. The second kappa shape index (κ2) is 5.84. The van der Waals surface area contributed by atoms with E-state index < -0.39 is 0 Å². The second-order valence-corrected chi connectivity index (χ2v) is 7.38. The molecule has 0 aromatic heterocycles. The topological polar surface area (TPSA) is 23.6 Å². The van der Waals surface area contributed by atoms with Gasteiger partial charge in [0, 0.05) is 13.1 Å². The van der Waals surface area contributed by atoms with Gasteiger partial charge in [-0.3, -0.25) is 9.69 Å². The zero-order chi connectivity index (χ0) is 16.7. The van der Waals surface area contributed by atoms with E-state index in [1.807, 2.05) is 27.0 Å². The lowest BCUT2D eigenvalue weighted by atomic mass is 9.87. The quantitative estimate of drug-likeness (QED) is 0.612. The summed E-state index contributed by atoms with van der Waals surface area (Å²) in [5.74, 6) is -0.0256. The Bertz CT molecular complexity index is 623. The van der Waals surface area contributed by atoms with Crippen molar-refractivity contribution in [1.82, 2.24) is 9.80 Å². The van der Waals surface area contributed by atoms with Crippen LogP contribution in [0.25, 0.3) is 6.08 Å². The summed E-state index contributed by atoms with van der Waals surface area (Å²) in [6.07, 6.45) is 1.91. The molecule has 3 nitrogen and oxygen atoms in total. The van der Waals surface area contributed by atoms with Crippen molar-refractivity contribution in [2.24, 2.45) is 0 Å². The third-order valence-electron chi connectivity index (χ3n) is 3.89. The van der Waals surface area contributed by atoms with Gasteiger partial charge in [-0.15, -0.1) is 0 Å². The summed E-state index contributed by atoms with van der Waals surface area (Å²) in [6, 6.07) is 8.40. The largest absolute Gasteiger partial charge is 0.317 e. The first kappa shape index (κ1) is 16.7. The third kappa shape index (κ3) is 3.07. The lowest BCUT2D eigenvalue weighted by Crippen LogP contribution is -2.36. The van der Waals surface area contributed by atoms with Crippen molar-refractivity contribution < 1.29 is 4.79 Å². The van der Waals surface area contributed by atoms with E-state index >= 15 is 0 Å². The van der Waals surface area contributed by atoms with Gasteiger partial charge in [0.2, 0.25) is 0 Å². The van der Waals surface area contributed by atoms with Gasteiger partial charge in [-0.2, -0.15) is 0 Å². The van der Waals surface area contributed by atoms with E-state index in [4.69, 9.17) is 12.2 Å². The molecule has 0 atom stereocenters. The van der Waals surface area contributed by atoms with Crippen molar-refractivity contribution in [3.63, 3.8) is 0 Å². The molecule has 0 aliphatic carbocycles. The van der Waals surface area contributed by atoms with E-state index in [0.717, 1.165) is 5.56 Å². The maximum atomic E-state index is 12.5. The zero-order valence-corrected chi connectivity index (χ0v) is 15.0. The van der Waals surface area contributed by atoms with Crippen molar-refractivity contribution in [3.05, 3.63) is 41.1 Å². The Kier molecular flexibility index (Phi) is 4.43. The van der Waals surface area contributed by atoms with E-state index in [2.05, 4.69) is 45.0 Å². The van der Waals surface area contributed by atoms with Gasteiger partial charge in [0.15, 0.2) is 5.11 Å². The Balaban J connectivity index is 2.33. The Morgan fingerprint density at radius 3 is 2.09 bits per heavy atom. The number of benzene rings is 1. The van der Waals surface area contributed by atoms with Crippen LogP contribution in [0.2, 0.25) is 0 Å². The van der Waals surface area contributed by atoms with E-state index in [0.29, 0.717) is 10.8 Å². The second-order valence-electron chi connectivity index (χ2n) is 7.01. The maximum absolute atomic E-state index is 12.5. The van der Waals surface area contributed by atoms with Crippen molar-refractivity contribution in [3.8, 4) is 0 Å². The lowest BCUT2D eigenvalue weighted by molar-refractivity contribution is -0.123. The molecule has 1 saturated heterocycles. The van der Waals surface area contributed by atoms with Gasteiger partial charge < -0.3 is 4.90 Å². The molecule has 1 aliphatic rings. The molecular weight excluding hydrogens is 292 g/mol. The van der Waals surface area contributed by atoms with Crippen LogP contribution in [0, 0.1) is 0 Å². The Morgan fingerprint density at radius 2 is 1.68 bits per heavy atom. The van der Waals surface area contributed by atoms with Gasteiger partial charge >= 0.3 is 0 Å². The standard InChI is InChI=1S/C18H24N2OS/c1-12(2)20-16(21)15(19(6)17(20)22)11-13-7-9-14(10-8-13)18(3,4)5/h7-12H,1-6H3/b15-11+. The molecule has 118 valence electrons. The van der Waals surface area contributed by atoms with Crippen LogP contribution in [-0.4, -0.2) is 33.9 Å². The Morgan fingerprint density at radius 1 is 1.14 bits per heavy atom. The molecule has 0 radical (unpaired) electrons. The fourth-order valence-corrected chi connectivity index (χ4v) is 2.86. The van der Waals surface area contributed by atoms with Gasteiger partial charge in [0.05, 0.1) is 0 Å². The first-order valence-corrected chi connectivity index (χ1v) is 7.97. The summed E-state index contributed by atoms with van der Waals surface area (Å²) in [5.41, 5.74) is 3.04. The number of hydrogen-bond acceptors (Lipinski definition) is 2. The van der Waals surface area contributed by atoms with Gasteiger partial charge in [-0.05, 0) is 48.7 Å². The van der Waals surface area contributed by atoms with Crippen LogP contribution in [0.5, 0.6) is 0 Å². The van der Waals surface area contributed by atoms with Crippen LogP contribution >= 0.6 is 12.2 Å². The number of carbonyl (C=O) groups excluding carboxylic acids is 1. The minimum absolute atomic E-state index is 0.0256. The van der Waals surface area contributed by atoms with Gasteiger partial charge in [0.25, 0.3) is 5.91 Å². The summed E-state index contributed by atoms with van der Waals surface area (Å²) >= 11 is 5.37. The maximum Gasteiger partial charge on any atom is 0.276 e. The molecular formula is C18H24N2OS. The molecule has 0 unspecified atom stereocenters. The highest BCUT2D eigenvalue weighted by Gasteiger charge is 2.37. The normalized spacial score (nSPS) is 18.0. The predicted molar refractivity (Wildman–Crippen MR) is 95.5 cm³/mol. The molecule has 1 amide bonds. The van der Waals surface area contributed by atoms with Crippen LogP contribution in [0.1, 0.15) is 45.7 Å². The molecule has 0 bridgehead atoms. The zero-order valence-electron chi connectivity index (χ0n) is 14.2. The molecule has 1 aromatic rings. The average molecular weight is 316 g/mol. The Labute approximate surface area is 138 Å². The average Bonchev–Trinajstić information content (AvgIpc) is 2.62. The third-order valence-corrected chi connectivity index (χ3v) is 4.36. The molecule has 1 aromatic carbocycles. The van der Waals surface area contributed by atoms with Gasteiger partial charge in [-0.25, -0.2) is 0 Å². The number of amides is 1. The molecule has 0 N–H and O–H groups in total. The number of rotatable bonds is 2. The number of likely N-dealkylation sites (N-methyl/N-ethyl adjacent to an activating group) is 1. The number of thiocarbonyl (C=S) groups is 1. The summed E-state index contributed by atoms with van der Waals surface area (Å²) in [4.78, 5) is 16.0. The first-order valence-electron chi connectivity index (χ1n) is 7.56.